The van der Waals surface area contributed by atoms with E-state index >= 15 is 0 Å². The van der Waals surface area contributed by atoms with Crippen molar-refractivity contribution in [1.29, 1.82) is 0 Å². The molecule has 1 aromatic heterocycles. The van der Waals surface area contributed by atoms with Crippen molar-refractivity contribution < 1.29 is 17.9 Å². The van der Waals surface area contributed by atoms with Crippen LogP contribution in [0.4, 0.5) is 13.2 Å². The number of nitrogens with zero attached hydrogens (tertiary/aromatic N) is 4. The molecule has 1 unspecified atom stereocenters. The van der Waals surface area contributed by atoms with Crippen LogP contribution in [0.3, 0.4) is 0 Å². The Bertz CT molecular complexity index is 1280. The highest BCUT2D eigenvalue weighted by molar-refractivity contribution is 6.16. The molecule has 0 saturated heterocycles. The molecule has 4 rings (SSSR count). The summed E-state index contributed by atoms with van der Waals surface area (Å²) in [6.07, 6.45) is -4.22. The number of benzene rings is 2. The van der Waals surface area contributed by atoms with Crippen LogP contribution >= 0.6 is 0 Å². The van der Waals surface area contributed by atoms with Crippen molar-refractivity contribution in [3.8, 4) is 17.0 Å². The van der Waals surface area contributed by atoms with E-state index in [4.69, 9.17) is 4.74 Å². The first-order valence-electron chi connectivity index (χ1n) is 9.81. The molecule has 2 aromatic carbocycles. The van der Waals surface area contributed by atoms with Crippen LogP contribution in [-0.4, -0.2) is 28.3 Å². The van der Waals surface area contributed by atoms with E-state index < -0.39 is 17.8 Å². The Kier molecular flexibility index (Phi) is 5.65. The van der Waals surface area contributed by atoms with Crippen molar-refractivity contribution in [2.75, 3.05) is 7.11 Å². The first-order valence-corrected chi connectivity index (χ1v) is 9.81. The number of halogens is 3. The van der Waals surface area contributed by atoms with Gasteiger partial charge in [0.05, 0.1) is 35.8 Å². The molecular formula is C23H19F3N4O2. The van der Waals surface area contributed by atoms with Gasteiger partial charge in [0.2, 0.25) is 0 Å². The smallest absolute Gasteiger partial charge is 0.416 e. The molecule has 0 radical (unpaired) electrons. The molecule has 1 aliphatic heterocycles. The van der Waals surface area contributed by atoms with Gasteiger partial charge in [-0.1, -0.05) is 24.3 Å². The second kappa shape index (κ2) is 8.41. The molecule has 0 spiro atoms. The summed E-state index contributed by atoms with van der Waals surface area (Å²) in [5.41, 5.74) is 1.58. The quantitative estimate of drug-likeness (QED) is 0.575. The van der Waals surface area contributed by atoms with Crippen LogP contribution in [0.1, 0.15) is 30.5 Å². The standard InChI is InChI=1S/C23H19F3N4O2/c1-14(20-13-21(28-27-20)15-5-3-7-17(11-15)23(24,25)26)30-22(31)10-9-19(29-30)16-6-4-8-18(12-16)32-2/h3-12,14H,13H2,1-2H3. The summed E-state index contributed by atoms with van der Waals surface area (Å²) in [6, 6.07) is 14.8. The molecule has 0 saturated carbocycles. The average molecular weight is 440 g/mol. The van der Waals surface area contributed by atoms with Crippen molar-refractivity contribution in [3.63, 3.8) is 0 Å². The fraction of sp³-hybridized carbons (Fsp3) is 0.217. The molecule has 3 aromatic rings. The molecule has 0 fully saturated rings. The van der Waals surface area contributed by atoms with Gasteiger partial charge in [-0.3, -0.25) is 4.79 Å². The van der Waals surface area contributed by atoms with Crippen molar-refractivity contribution in [3.05, 3.63) is 82.1 Å². The lowest BCUT2D eigenvalue weighted by atomic mass is 10.0. The molecule has 0 aliphatic carbocycles. The van der Waals surface area contributed by atoms with Crippen LogP contribution in [-0.2, 0) is 6.18 Å². The van der Waals surface area contributed by atoms with Crippen LogP contribution in [0.5, 0.6) is 5.75 Å². The number of aromatic nitrogens is 2. The van der Waals surface area contributed by atoms with Gasteiger partial charge in [0.25, 0.3) is 5.56 Å². The number of hydrogen-bond acceptors (Lipinski definition) is 5. The van der Waals surface area contributed by atoms with Crippen LogP contribution in [0, 0.1) is 0 Å². The van der Waals surface area contributed by atoms with E-state index in [-0.39, 0.29) is 12.0 Å². The van der Waals surface area contributed by atoms with Gasteiger partial charge in [-0.15, -0.1) is 0 Å². The number of alkyl halides is 3. The second-order valence-corrected chi connectivity index (χ2v) is 7.30. The lowest BCUT2D eigenvalue weighted by Crippen LogP contribution is -2.30. The predicted molar refractivity (Wildman–Crippen MR) is 115 cm³/mol. The molecule has 0 amide bonds. The van der Waals surface area contributed by atoms with E-state index in [9.17, 15) is 18.0 Å². The molecule has 32 heavy (non-hydrogen) atoms. The maximum atomic E-state index is 13.0. The highest BCUT2D eigenvalue weighted by Gasteiger charge is 2.31. The van der Waals surface area contributed by atoms with E-state index in [1.807, 2.05) is 24.3 Å². The Morgan fingerprint density at radius 1 is 1.00 bits per heavy atom. The Morgan fingerprint density at radius 2 is 1.75 bits per heavy atom. The van der Waals surface area contributed by atoms with Crippen molar-refractivity contribution in [2.24, 2.45) is 10.2 Å². The predicted octanol–water partition coefficient (Wildman–Crippen LogP) is 4.75. The van der Waals surface area contributed by atoms with Gasteiger partial charge in [-0.05, 0) is 42.8 Å². The zero-order chi connectivity index (χ0) is 22.9. The van der Waals surface area contributed by atoms with Crippen LogP contribution < -0.4 is 10.3 Å². The molecule has 0 N–H and O–H groups in total. The monoisotopic (exact) mass is 440 g/mol. The minimum Gasteiger partial charge on any atom is -0.497 e. The number of hydrogen-bond donors (Lipinski definition) is 0. The second-order valence-electron chi connectivity index (χ2n) is 7.30. The van der Waals surface area contributed by atoms with Gasteiger partial charge in [0.1, 0.15) is 5.75 Å². The van der Waals surface area contributed by atoms with Crippen LogP contribution in [0.2, 0.25) is 0 Å². The molecule has 1 aliphatic rings. The fourth-order valence-corrected chi connectivity index (χ4v) is 3.41. The van der Waals surface area contributed by atoms with Crippen molar-refractivity contribution >= 4 is 11.4 Å². The van der Waals surface area contributed by atoms with E-state index in [1.54, 1.807) is 26.2 Å². The number of rotatable bonds is 5. The zero-order valence-corrected chi connectivity index (χ0v) is 17.3. The first kappa shape index (κ1) is 21.5. The van der Waals surface area contributed by atoms with Gasteiger partial charge in [-0.25, -0.2) is 4.68 Å². The lowest BCUT2D eigenvalue weighted by Gasteiger charge is -2.15. The van der Waals surface area contributed by atoms with Crippen LogP contribution in [0.25, 0.3) is 11.3 Å². The van der Waals surface area contributed by atoms with Crippen molar-refractivity contribution in [2.45, 2.75) is 25.6 Å². The highest BCUT2D eigenvalue weighted by atomic mass is 19.4. The highest BCUT2D eigenvalue weighted by Crippen LogP contribution is 2.30. The first-order chi connectivity index (χ1) is 15.3. The molecule has 6 nitrogen and oxygen atoms in total. The summed E-state index contributed by atoms with van der Waals surface area (Å²) in [5.74, 6) is 0.661. The summed E-state index contributed by atoms with van der Waals surface area (Å²) in [7, 11) is 1.57. The summed E-state index contributed by atoms with van der Waals surface area (Å²) in [4.78, 5) is 12.5. The van der Waals surface area contributed by atoms with Gasteiger partial charge in [0.15, 0.2) is 0 Å². The third kappa shape index (κ3) is 4.32. The molecule has 164 valence electrons. The molecule has 9 heteroatoms. The normalized spacial score (nSPS) is 14.7. The van der Waals surface area contributed by atoms with E-state index in [2.05, 4.69) is 15.3 Å². The van der Waals surface area contributed by atoms with Gasteiger partial charge in [-0.2, -0.15) is 28.5 Å². The van der Waals surface area contributed by atoms with Crippen molar-refractivity contribution in [1.82, 2.24) is 9.78 Å². The minimum atomic E-state index is -4.44. The summed E-state index contributed by atoms with van der Waals surface area (Å²) in [5, 5.41) is 12.7. The van der Waals surface area contributed by atoms with E-state index in [0.717, 1.165) is 17.7 Å². The Morgan fingerprint density at radius 3 is 2.50 bits per heavy atom. The van der Waals surface area contributed by atoms with E-state index in [0.29, 0.717) is 28.4 Å². The lowest BCUT2D eigenvalue weighted by molar-refractivity contribution is -0.137. The van der Waals surface area contributed by atoms with Gasteiger partial charge < -0.3 is 4.74 Å². The van der Waals surface area contributed by atoms with Crippen LogP contribution in [0.15, 0.2) is 75.7 Å². The topological polar surface area (TPSA) is 68.8 Å². The number of ether oxygens (including phenoxy) is 1. The summed E-state index contributed by atoms with van der Waals surface area (Å²) in [6.45, 7) is 1.76. The fourth-order valence-electron chi connectivity index (χ4n) is 3.41. The SMILES string of the molecule is COc1cccc(-c2ccc(=O)n(C(C)C3=NN=C(c4cccc(C(F)(F)F)c4)C3)n2)c1. The maximum Gasteiger partial charge on any atom is 0.416 e. The number of methoxy groups -OCH3 is 1. The molecular weight excluding hydrogens is 421 g/mol. The van der Waals surface area contributed by atoms with Gasteiger partial charge in [0, 0.05) is 18.1 Å². The third-order valence-electron chi connectivity index (χ3n) is 5.21. The third-order valence-corrected chi connectivity index (χ3v) is 5.21. The largest absolute Gasteiger partial charge is 0.497 e. The summed E-state index contributed by atoms with van der Waals surface area (Å²) >= 11 is 0. The average Bonchev–Trinajstić information content (AvgIpc) is 3.29. The Hall–Kier alpha value is -3.75. The molecule has 2 heterocycles. The molecule has 0 bridgehead atoms. The minimum absolute atomic E-state index is 0.222. The Labute approximate surface area is 181 Å². The maximum absolute atomic E-state index is 13.0. The Balaban J connectivity index is 1.57. The van der Waals surface area contributed by atoms with Gasteiger partial charge >= 0.3 is 6.18 Å². The van der Waals surface area contributed by atoms with E-state index in [1.165, 1.54) is 16.8 Å². The molecule has 1 atom stereocenters. The summed E-state index contributed by atoms with van der Waals surface area (Å²) < 4.78 is 45.6. The zero-order valence-electron chi connectivity index (χ0n) is 17.3.